The van der Waals surface area contributed by atoms with Gasteiger partial charge in [0, 0.05) is 6.20 Å². The third-order valence-corrected chi connectivity index (χ3v) is 4.20. The van der Waals surface area contributed by atoms with E-state index in [2.05, 4.69) is 40.6 Å². The molecule has 1 aliphatic rings. The topological polar surface area (TPSA) is 51.2 Å². The van der Waals surface area contributed by atoms with Crippen molar-refractivity contribution in [2.45, 2.75) is 51.2 Å². The van der Waals surface area contributed by atoms with Gasteiger partial charge in [0.1, 0.15) is 5.60 Å². The fraction of sp³-hybridized carbons (Fsp3) is 0.400. The summed E-state index contributed by atoms with van der Waals surface area (Å²) in [7, 11) is 0. The minimum Gasteiger partial charge on any atom is -0.444 e. The first-order valence-electron chi connectivity index (χ1n) is 8.40. The van der Waals surface area contributed by atoms with Crippen LogP contribution in [0, 0.1) is 0 Å². The highest BCUT2D eigenvalue weighted by Crippen LogP contribution is 2.37. The third kappa shape index (κ3) is 3.94. The van der Waals surface area contributed by atoms with E-state index in [1.54, 1.807) is 6.20 Å². The number of rotatable bonds is 2. The SMILES string of the molecule is CC(C)(C)OC(=O)N[C@H]1C[C@@H](c2ccccc2)Cc2cccnc21. The number of benzene rings is 1. The molecule has 0 saturated carbocycles. The highest BCUT2D eigenvalue weighted by Gasteiger charge is 2.31. The molecule has 4 heteroatoms. The maximum Gasteiger partial charge on any atom is 0.408 e. The summed E-state index contributed by atoms with van der Waals surface area (Å²) in [5, 5.41) is 3.01. The zero-order valence-electron chi connectivity index (χ0n) is 14.5. The Balaban J connectivity index is 1.83. The number of carbonyl (C=O) groups is 1. The van der Waals surface area contributed by atoms with Crippen LogP contribution in [0.1, 0.15) is 56.0 Å². The van der Waals surface area contributed by atoms with Crippen LogP contribution in [0.5, 0.6) is 0 Å². The molecule has 4 nitrogen and oxygen atoms in total. The maximum absolute atomic E-state index is 12.2. The standard InChI is InChI=1S/C20H24N2O2/c1-20(2,3)24-19(23)22-17-13-16(14-8-5-4-6-9-14)12-15-10-7-11-21-18(15)17/h4-11,16-17H,12-13H2,1-3H3,(H,22,23)/t16-,17-/m0/s1. The van der Waals surface area contributed by atoms with Crippen LogP contribution in [0.25, 0.3) is 0 Å². The molecule has 0 spiro atoms. The van der Waals surface area contributed by atoms with Gasteiger partial charge in [0.15, 0.2) is 0 Å². The number of fused-ring (bicyclic) bond motifs is 1. The van der Waals surface area contributed by atoms with Gasteiger partial charge in [0.05, 0.1) is 11.7 Å². The van der Waals surface area contributed by atoms with Gasteiger partial charge in [-0.25, -0.2) is 4.79 Å². The van der Waals surface area contributed by atoms with E-state index in [0.29, 0.717) is 5.92 Å². The van der Waals surface area contributed by atoms with Gasteiger partial charge in [-0.05, 0) is 56.7 Å². The van der Waals surface area contributed by atoms with Gasteiger partial charge in [0.25, 0.3) is 0 Å². The molecule has 1 aliphatic carbocycles. The van der Waals surface area contributed by atoms with Crippen LogP contribution in [-0.4, -0.2) is 16.7 Å². The smallest absolute Gasteiger partial charge is 0.408 e. The molecule has 0 unspecified atom stereocenters. The minimum absolute atomic E-state index is 0.130. The molecule has 1 aromatic carbocycles. The summed E-state index contributed by atoms with van der Waals surface area (Å²) in [6.45, 7) is 5.60. The number of pyridine rings is 1. The average Bonchev–Trinajstić information content (AvgIpc) is 2.54. The van der Waals surface area contributed by atoms with Crippen molar-refractivity contribution >= 4 is 6.09 Å². The summed E-state index contributed by atoms with van der Waals surface area (Å²) >= 11 is 0. The van der Waals surface area contributed by atoms with Crippen molar-refractivity contribution in [3.63, 3.8) is 0 Å². The Morgan fingerprint density at radius 2 is 1.92 bits per heavy atom. The fourth-order valence-corrected chi connectivity index (χ4v) is 3.24. The van der Waals surface area contributed by atoms with E-state index in [1.807, 2.05) is 32.9 Å². The molecule has 0 saturated heterocycles. The average molecular weight is 324 g/mol. The Bertz CT molecular complexity index is 707. The van der Waals surface area contributed by atoms with Crippen molar-refractivity contribution in [3.05, 3.63) is 65.5 Å². The number of hydrogen-bond donors (Lipinski definition) is 1. The zero-order chi connectivity index (χ0) is 17.2. The van der Waals surface area contributed by atoms with Gasteiger partial charge in [0.2, 0.25) is 0 Å². The molecule has 1 amide bonds. The number of ether oxygens (including phenoxy) is 1. The molecule has 3 rings (SSSR count). The summed E-state index contributed by atoms with van der Waals surface area (Å²) in [4.78, 5) is 16.7. The zero-order valence-corrected chi connectivity index (χ0v) is 14.5. The molecule has 0 fully saturated rings. The lowest BCUT2D eigenvalue weighted by Crippen LogP contribution is -2.37. The Labute approximate surface area is 143 Å². The van der Waals surface area contributed by atoms with Crippen LogP contribution in [-0.2, 0) is 11.2 Å². The van der Waals surface area contributed by atoms with Crippen LogP contribution in [0.15, 0.2) is 48.7 Å². The normalized spacial score (nSPS) is 20.1. The van der Waals surface area contributed by atoms with Crippen molar-refractivity contribution in [2.75, 3.05) is 0 Å². The second-order valence-corrected chi connectivity index (χ2v) is 7.29. The molecule has 126 valence electrons. The van der Waals surface area contributed by atoms with E-state index in [9.17, 15) is 4.79 Å². The molecular weight excluding hydrogens is 300 g/mol. The van der Waals surface area contributed by atoms with Crippen LogP contribution in [0.4, 0.5) is 4.79 Å². The van der Waals surface area contributed by atoms with Crippen molar-refractivity contribution in [2.24, 2.45) is 0 Å². The third-order valence-electron chi connectivity index (χ3n) is 4.20. The number of carbonyl (C=O) groups excluding carboxylic acids is 1. The lowest BCUT2D eigenvalue weighted by molar-refractivity contribution is 0.0495. The van der Waals surface area contributed by atoms with Gasteiger partial charge >= 0.3 is 6.09 Å². The second kappa shape index (κ2) is 6.63. The highest BCUT2D eigenvalue weighted by atomic mass is 16.6. The molecule has 2 atom stereocenters. The number of hydrogen-bond acceptors (Lipinski definition) is 3. The van der Waals surface area contributed by atoms with E-state index in [-0.39, 0.29) is 6.04 Å². The predicted molar refractivity (Wildman–Crippen MR) is 93.9 cm³/mol. The predicted octanol–water partition coefficient (Wildman–Crippen LogP) is 4.38. The first kappa shape index (κ1) is 16.5. The summed E-state index contributed by atoms with van der Waals surface area (Å²) in [6, 6.07) is 14.4. The van der Waals surface area contributed by atoms with Gasteiger partial charge in [-0.3, -0.25) is 4.98 Å². The lowest BCUT2D eigenvalue weighted by atomic mass is 9.79. The summed E-state index contributed by atoms with van der Waals surface area (Å²) in [5.41, 5.74) is 2.93. The summed E-state index contributed by atoms with van der Waals surface area (Å²) in [5.74, 6) is 0.364. The van der Waals surface area contributed by atoms with E-state index in [0.717, 1.165) is 18.5 Å². The molecule has 2 aromatic rings. The molecule has 1 N–H and O–H groups in total. The van der Waals surface area contributed by atoms with Gasteiger partial charge in [-0.1, -0.05) is 36.4 Å². The maximum atomic E-state index is 12.2. The monoisotopic (exact) mass is 324 g/mol. The van der Waals surface area contributed by atoms with Crippen LogP contribution in [0.2, 0.25) is 0 Å². The van der Waals surface area contributed by atoms with E-state index >= 15 is 0 Å². The molecular formula is C20H24N2O2. The Morgan fingerprint density at radius 3 is 2.62 bits per heavy atom. The van der Waals surface area contributed by atoms with Crippen molar-refractivity contribution in [3.8, 4) is 0 Å². The first-order chi connectivity index (χ1) is 11.4. The van der Waals surface area contributed by atoms with Gasteiger partial charge < -0.3 is 10.1 Å². The number of alkyl carbamates (subject to hydrolysis) is 1. The van der Waals surface area contributed by atoms with Crippen molar-refractivity contribution < 1.29 is 9.53 Å². The molecule has 0 aliphatic heterocycles. The fourth-order valence-electron chi connectivity index (χ4n) is 3.24. The molecule has 0 radical (unpaired) electrons. The minimum atomic E-state index is -0.509. The van der Waals surface area contributed by atoms with Crippen LogP contribution in [0.3, 0.4) is 0 Å². The number of nitrogens with one attached hydrogen (secondary N) is 1. The Hall–Kier alpha value is -2.36. The Morgan fingerprint density at radius 1 is 1.17 bits per heavy atom. The second-order valence-electron chi connectivity index (χ2n) is 7.29. The first-order valence-corrected chi connectivity index (χ1v) is 8.40. The van der Waals surface area contributed by atoms with E-state index in [4.69, 9.17) is 4.74 Å². The summed E-state index contributed by atoms with van der Waals surface area (Å²) < 4.78 is 5.42. The number of amides is 1. The number of aromatic nitrogens is 1. The molecule has 1 aromatic heterocycles. The van der Waals surface area contributed by atoms with Gasteiger partial charge in [-0.2, -0.15) is 0 Å². The largest absolute Gasteiger partial charge is 0.444 e. The van der Waals surface area contributed by atoms with Crippen LogP contribution >= 0.6 is 0 Å². The highest BCUT2D eigenvalue weighted by molar-refractivity contribution is 5.68. The molecule has 24 heavy (non-hydrogen) atoms. The molecule has 0 bridgehead atoms. The van der Waals surface area contributed by atoms with Gasteiger partial charge in [-0.15, -0.1) is 0 Å². The lowest BCUT2D eigenvalue weighted by Gasteiger charge is -2.32. The van der Waals surface area contributed by atoms with Crippen molar-refractivity contribution in [1.82, 2.24) is 10.3 Å². The molecule has 1 heterocycles. The van der Waals surface area contributed by atoms with E-state index in [1.165, 1.54) is 11.1 Å². The number of nitrogens with zero attached hydrogens (tertiary/aromatic N) is 1. The van der Waals surface area contributed by atoms with Crippen molar-refractivity contribution in [1.29, 1.82) is 0 Å². The quantitative estimate of drug-likeness (QED) is 0.892. The summed E-state index contributed by atoms with van der Waals surface area (Å²) in [6.07, 6.45) is 3.16. The van der Waals surface area contributed by atoms with Crippen LogP contribution < -0.4 is 5.32 Å². The van der Waals surface area contributed by atoms with E-state index < -0.39 is 11.7 Å². The Kier molecular flexibility index (Phi) is 4.56.